The van der Waals surface area contributed by atoms with E-state index in [-0.39, 0.29) is 6.54 Å². The van der Waals surface area contributed by atoms with Gasteiger partial charge in [0.15, 0.2) is 0 Å². The zero-order valence-corrected chi connectivity index (χ0v) is 9.73. The fourth-order valence-electron chi connectivity index (χ4n) is 1.98. The summed E-state index contributed by atoms with van der Waals surface area (Å²) in [6, 6.07) is 7.23. The second-order valence-corrected chi connectivity index (χ2v) is 4.65. The smallest absolute Gasteiger partial charge is 0.267 e. The van der Waals surface area contributed by atoms with Crippen molar-refractivity contribution in [3.63, 3.8) is 0 Å². The highest BCUT2D eigenvalue weighted by molar-refractivity contribution is 9.10. The van der Waals surface area contributed by atoms with Crippen molar-refractivity contribution in [1.29, 1.82) is 0 Å². The third-order valence-electron chi connectivity index (χ3n) is 2.76. The van der Waals surface area contributed by atoms with Crippen molar-refractivity contribution >= 4 is 15.9 Å². The predicted octanol–water partition coefficient (Wildman–Crippen LogP) is 3.16. The van der Waals surface area contributed by atoms with E-state index in [1.54, 1.807) is 12.1 Å². The van der Waals surface area contributed by atoms with E-state index in [1.165, 1.54) is 0 Å². The van der Waals surface area contributed by atoms with Gasteiger partial charge in [0.2, 0.25) is 0 Å². The topological polar surface area (TPSA) is 12.0 Å². The molecule has 1 aliphatic heterocycles. The Morgan fingerprint density at radius 2 is 2.07 bits per heavy atom. The number of rotatable bonds is 1. The van der Waals surface area contributed by atoms with E-state index in [0.29, 0.717) is 18.5 Å². The summed E-state index contributed by atoms with van der Waals surface area (Å²) in [6.45, 7) is 0.431. The molecular weight excluding hydrogens is 264 g/mol. The van der Waals surface area contributed by atoms with Crippen LogP contribution in [0.2, 0.25) is 0 Å². The maximum atomic E-state index is 13.7. The number of piperidine rings is 1. The molecule has 0 amide bonds. The summed E-state index contributed by atoms with van der Waals surface area (Å²) in [5.41, 5.74) is 0.712. The number of alkyl halides is 2. The third-order valence-corrected chi connectivity index (χ3v) is 3.48. The van der Waals surface area contributed by atoms with E-state index >= 15 is 0 Å². The Balaban J connectivity index is 2.33. The molecule has 0 radical (unpaired) electrons. The molecule has 4 heteroatoms. The van der Waals surface area contributed by atoms with Crippen LogP contribution in [-0.4, -0.2) is 19.0 Å². The van der Waals surface area contributed by atoms with Crippen LogP contribution in [0.3, 0.4) is 0 Å². The summed E-state index contributed by atoms with van der Waals surface area (Å²) in [7, 11) is 0. The Bertz CT molecular complexity index is 354. The normalized spacial score (nSPS) is 25.1. The van der Waals surface area contributed by atoms with Gasteiger partial charge in [0.05, 0.1) is 12.5 Å². The fourth-order valence-corrected chi connectivity index (χ4v) is 2.54. The zero-order chi connectivity index (χ0) is 10.9. The molecule has 15 heavy (non-hydrogen) atoms. The van der Waals surface area contributed by atoms with Crippen molar-refractivity contribution in [2.75, 3.05) is 13.1 Å². The highest BCUT2D eigenvalue weighted by atomic mass is 79.9. The number of halogens is 3. The molecular formula is C11H12BrF2N. The average molecular weight is 276 g/mol. The summed E-state index contributed by atoms with van der Waals surface area (Å²) in [5, 5.41) is 2.73. The minimum absolute atomic E-state index is 0.223. The molecule has 1 aliphatic rings. The lowest BCUT2D eigenvalue weighted by Gasteiger charge is -2.32. The summed E-state index contributed by atoms with van der Waals surface area (Å²) in [5.74, 6) is -3.32. The molecule has 1 fully saturated rings. The van der Waals surface area contributed by atoms with Gasteiger partial charge in [-0.15, -0.1) is 0 Å². The molecule has 1 aromatic carbocycles. The van der Waals surface area contributed by atoms with Gasteiger partial charge >= 0.3 is 0 Å². The summed E-state index contributed by atoms with van der Waals surface area (Å²) < 4.78 is 28.1. The number of benzene rings is 1. The quantitative estimate of drug-likeness (QED) is 0.830. The van der Waals surface area contributed by atoms with Gasteiger partial charge in [-0.2, -0.15) is 0 Å². The van der Waals surface area contributed by atoms with Crippen molar-refractivity contribution in [2.45, 2.75) is 18.3 Å². The minimum Gasteiger partial charge on any atom is -0.311 e. The van der Waals surface area contributed by atoms with Gasteiger partial charge in [0.1, 0.15) is 0 Å². The molecule has 82 valence electrons. The van der Waals surface area contributed by atoms with Gasteiger partial charge < -0.3 is 5.32 Å². The third kappa shape index (κ3) is 2.21. The average Bonchev–Trinajstić information content (AvgIpc) is 2.19. The Hall–Kier alpha value is -0.480. The van der Waals surface area contributed by atoms with Crippen LogP contribution in [0.25, 0.3) is 0 Å². The van der Waals surface area contributed by atoms with Crippen LogP contribution in [0, 0.1) is 0 Å². The van der Waals surface area contributed by atoms with Crippen LogP contribution in [0.1, 0.15) is 17.9 Å². The molecule has 0 bridgehead atoms. The molecule has 1 aromatic rings. The number of hydrogen-bond acceptors (Lipinski definition) is 1. The second kappa shape index (κ2) is 4.18. The molecule has 0 saturated carbocycles. The molecule has 0 aliphatic carbocycles. The Morgan fingerprint density at radius 3 is 2.73 bits per heavy atom. The lowest BCUT2D eigenvalue weighted by molar-refractivity contribution is -0.0422. The SMILES string of the molecule is FC1(F)CNCCC1c1ccccc1Br. The molecule has 1 saturated heterocycles. The predicted molar refractivity (Wildman–Crippen MR) is 59.3 cm³/mol. The summed E-state index contributed by atoms with van der Waals surface area (Å²) in [6.07, 6.45) is 0.482. The van der Waals surface area contributed by atoms with Gasteiger partial charge in [-0.25, -0.2) is 8.78 Å². The summed E-state index contributed by atoms with van der Waals surface area (Å²) >= 11 is 3.33. The van der Waals surface area contributed by atoms with Gasteiger partial charge in [-0.1, -0.05) is 34.1 Å². The van der Waals surface area contributed by atoms with E-state index in [1.807, 2.05) is 12.1 Å². The van der Waals surface area contributed by atoms with E-state index in [0.717, 1.165) is 4.47 Å². The fraction of sp³-hybridized carbons (Fsp3) is 0.455. The Labute approximate surface area is 96.0 Å². The summed E-state index contributed by atoms with van der Waals surface area (Å²) in [4.78, 5) is 0. The molecule has 1 nitrogen and oxygen atoms in total. The standard InChI is InChI=1S/C11H12BrF2N/c12-10-4-2-1-3-8(10)9-5-6-15-7-11(9,13)14/h1-4,9,15H,5-7H2. The highest BCUT2D eigenvalue weighted by Gasteiger charge is 2.42. The van der Waals surface area contributed by atoms with Crippen LogP contribution >= 0.6 is 15.9 Å². The van der Waals surface area contributed by atoms with Crippen LogP contribution in [0.4, 0.5) is 8.78 Å². The van der Waals surface area contributed by atoms with Crippen molar-refractivity contribution in [3.8, 4) is 0 Å². The van der Waals surface area contributed by atoms with Crippen molar-refractivity contribution in [2.24, 2.45) is 0 Å². The number of nitrogens with one attached hydrogen (secondary N) is 1. The number of hydrogen-bond donors (Lipinski definition) is 1. The molecule has 2 rings (SSSR count). The van der Waals surface area contributed by atoms with Gasteiger partial charge in [-0.05, 0) is 24.6 Å². The first-order chi connectivity index (χ1) is 7.11. The monoisotopic (exact) mass is 275 g/mol. The first-order valence-corrected chi connectivity index (χ1v) is 5.73. The maximum absolute atomic E-state index is 13.7. The zero-order valence-electron chi connectivity index (χ0n) is 8.14. The first kappa shape index (κ1) is 11.0. The molecule has 1 atom stereocenters. The Morgan fingerprint density at radius 1 is 1.33 bits per heavy atom. The van der Waals surface area contributed by atoms with E-state index in [9.17, 15) is 8.78 Å². The van der Waals surface area contributed by atoms with Crippen LogP contribution in [0.15, 0.2) is 28.7 Å². The van der Waals surface area contributed by atoms with Crippen LogP contribution in [-0.2, 0) is 0 Å². The molecule has 0 spiro atoms. The van der Waals surface area contributed by atoms with Crippen molar-refractivity contribution in [1.82, 2.24) is 5.32 Å². The first-order valence-electron chi connectivity index (χ1n) is 4.94. The van der Waals surface area contributed by atoms with E-state index in [4.69, 9.17) is 0 Å². The van der Waals surface area contributed by atoms with Crippen LogP contribution in [0.5, 0.6) is 0 Å². The van der Waals surface area contributed by atoms with Gasteiger partial charge in [0, 0.05) is 4.47 Å². The lowest BCUT2D eigenvalue weighted by atomic mass is 9.87. The van der Waals surface area contributed by atoms with Crippen molar-refractivity contribution in [3.05, 3.63) is 34.3 Å². The van der Waals surface area contributed by atoms with Gasteiger partial charge in [-0.3, -0.25) is 0 Å². The largest absolute Gasteiger partial charge is 0.311 e. The molecule has 1 heterocycles. The van der Waals surface area contributed by atoms with E-state index < -0.39 is 11.8 Å². The minimum atomic E-state index is -2.65. The molecule has 1 N–H and O–H groups in total. The van der Waals surface area contributed by atoms with Crippen LogP contribution < -0.4 is 5.32 Å². The van der Waals surface area contributed by atoms with Gasteiger partial charge in [0.25, 0.3) is 5.92 Å². The Kier molecular flexibility index (Phi) is 3.07. The highest BCUT2D eigenvalue weighted by Crippen LogP contribution is 2.40. The molecule has 0 aromatic heterocycles. The second-order valence-electron chi connectivity index (χ2n) is 3.80. The van der Waals surface area contributed by atoms with E-state index in [2.05, 4.69) is 21.2 Å². The molecule has 1 unspecified atom stereocenters. The van der Waals surface area contributed by atoms with Crippen molar-refractivity contribution < 1.29 is 8.78 Å². The maximum Gasteiger partial charge on any atom is 0.267 e. The lowest BCUT2D eigenvalue weighted by Crippen LogP contribution is -2.44.